The monoisotopic (exact) mass is 239 g/mol. The predicted molar refractivity (Wildman–Crippen MR) is 60.6 cm³/mol. The summed E-state index contributed by atoms with van der Waals surface area (Å²) in [5.74, 6) is -1.16. The van der Waals surface area contributed by atoms with Gasteiger partial charge < -0.3 is 10.4 Å². The third kappa shape index (κ3) is 2.41. The van der Waals surface area contributed by atoms with E-state index < -0.39 is 5.97 Å². The lowest BCUT2D eigenvalue weighted by atomic mass is 10.1. The van der Waals surface area contributed by atoms with Crippen molar-refractivity contribution in [2.45, 2.75) is 25.3 Å². The largest absolute Gasteiger partial charge is 0.481 e. The van der Waals surface area contributed by atoms with Crippen molar-refractivity contribution in [2.75, 3.05) is 0 Å². The molecule has 0 bridgehead atoms. The second-order valence-corrected chi connectivity index (χ2v) is 4.81. The number of carbonyl (C=O) groups excluding carboxylic acids is 1. The Morgan fingerprint density at radius 2 is 2.25 bits per heavy atom. The summed E-state index contributed by atoms with van der Waals surface area (Å²) in [5.41, 5.74) is 0.656. The number of hydrogen-bond donors (Lipinski definition) is 2. The Balaban J connectivity index is 1.88. The highest BCUT2D eigenvalue weighted by molar-refractivity contribution is 7.08. The fraction of sp³-hybridized carbons (Fsp3) is 0.455. The number of nitrogens with one attached hydrogen (secondary N) is 1. The highest BCUT2D eigenvalue weighted by atomic mass is 32.1. The van der Waals surface area contributed by atoms with Crippen LogP contribution in [0.4, 0.5) is 0 Å². The molecule has 1 fully saturated rings. The molecule has 5 heteroatoms. The van der Waals surface area contributed by atoms with Crippen molar-refractivity contribution in [1.29, 1.82) is 0 Å². The molecule has 0 saturated heterocycles. The minimum Gasteiger partial charge on any atom is -0.481 e. The molecule has 4 nitrogen and oxygen atoms in total. The van der Waals surface area contributed by atoms with Crippen LogP contribution in [0.3, 0.4) is 0 Å². The molecule has 2 rings (SSSR count). The van der Waals surface area contributed by atoms with Crippen molar-refractivity contribution in [2.24, 2.45) is 5.92 Å². The van der Waals surface area contributed by atoms with Crippen LogP contribution < -0.4 is 5.32 Å². The smallest absolute Gasteiger partial charge is 0.306 e. The van der Waals surface area contributed by atoms with E-state index in [9.17, 15) is 9.59 Å². The Morgan fingerprint density at radius 1 is 1.44 bits per heavy atom. The van der Waals surface area contributed by atoms with Gasteiger partial charge in [0.05, 0.1) is 5.92 Å². The van der Waals surface area contributed by atoms with Gasteiger partial charge in [0.25, 0.3) is 5.91 Å². The molecule has 1 aromatic rings. The Hall–Kier alpha value is -1.36. The van der Waals surface area contributed by atoms with Crippen molar-refractivity contribution in [1.82, 2.24) is 5.32 Å². The maximum atomic E-state index is 11.7. The van der Waals surface area contributed by atoms with Crippen LogP contribution in [-0.4, -0.2) is 23.0 Å². The van der Waals surface area contributed by atoms with Crippen molar-refractivity contribution >= 4 is 23.2 Å². The summed E-state index contributed by atoms with van der Waals surface area (Å²) in [4.78, 5) is 22.4. The Bertz CT molecular complexity index is 388. The molecule has 1 heterocycles. The average Bonchev–Trinajstić information content (AvgIpc) is 2.87. The summed E-state index contributed by atoms with van der Waals surface area (Å²) in [6, 6.07) is 1.78. The molecule has 2 N–H and O–H groups in total. The molecule has 1 aliphatic rings. The summed E-state index contributed by atoms with van der Waals surface area (Å²) in [5, 5.41) is 15.4. The van der Waals surface area contributed by atoms with Crippen LogP contribution in [0.2, 0.25) is 0 Å². The van der Waals surface area contributed by atoms with Gasteiger partial charge in [-0.2, -0.15) is 11.3 Å². The zero-order chi connectivity index (χ0) is 11.5. The molecular formula is C11H13NO3S. The van der Waals surface area contributed by atoms with Gasteiger partial charge in [0, 0.05) is 17.0 Å². The minimum absolute atomic E-state index is 0.00787. The van der Waals surface area contributed by atoms with Crippen molar-refractivity contribution in [3.8, 4) is 0 Å². The third-order valence-electron chi connectivity index (χ3n) is 2.90. The standard InChI is InChI=1S/C11H13NO3S/c13-10(8-3-4-16-6-8)12-9-2-1-7(5-9)11(14)15/h3-4,6-7,9H,1-2,5H2,(H,12,13)(H,14,15). The first kappa shape index (κ1) is 11.1. The lowest BCUT2D eigenvalue weighted by Gasteiger charge is -2.11. The summed E-state index contributed by atoms with van der Waals surface area (Å²) in [6.45, 7) is 0. The molecule has 0 radical (unpaired) electrons. The van der Waals surface area contributed by atoms with Gasteiger partial charge in [-0.15, -0.1) is 0 Å². The van der Waals surface area contributed by atoms with Gasteiger partial charge in [-0.1, -0.05) is 0 Å². The highest BCUT2D eigenvalue weighted by Crippen LogP contribution is 2.25. The summed E-state index contributed by atoms with van der Waals surface area (Å²) in [7, 11) is 0. The van der Waals surface area contributed by atoms with Crippen LogP contribution in [-0.2, 0) is 4.79 Å². The molecule has 86 valence electrons. The topological polar surface area (TPSA) is 66.4 Å². The molecular weight excluding hydrogens is 226 g/mol. The molecule has 0 aliphatic heterocycles. The van der Waals surface area contributed by atoms with Crippen molar-refractivity contribution in [3.05, 3.63) is 22.4 Å². The molecule has 1 amide bonds. The van der Waals surface area contributed by atoms with E-state index in [1.807, 2.05) is 5.38 Å². The molecule has 1 saturated carbocycles. The Kier molecular flexibility index (Phi) is 3.24. The quantitative estimate of drug-likeness (QED) is 0.844. The second kappa shape index (κ2) is 4.65. The van der Waals surface area contributed by atoms with E-state index >= 15 is 0 Å². The molecule has 0 spiro atoms. The first-order valence-electron chi connectivity index (χ1n) is 5.22. The number of carboxylic acids is 1. The fourth-order valence-corrected chi connectivity index (χ4v) is 2.64. The highest BCUT2D eigenvalue weighted by Gasteiger charge is 2.30. The van der Waals surface area contributed by atoms with Crippen LogP contribution in [0.5, 0.6) is 0 Å². The second-order valence-electron chi connectivity index (χ2n) is 4.03. The van der Waals surface area contributed by atoms with E-state index in [0.717, 1.165) is 6.42 Å². The molecule has 1 aromatic heterocycles. The van der Waals surface area contributed by atoms with Gasteiger partial charge in [0.2, 0.25) is 0 Å². The SMILES string of the molecule is O=C(NC1CCC(C(=O)O)C1)c1ccsc1. The van der Waals surface area contributed by atoms with E-state index in [2.05, 4.69) is 5.32 Å². The minimum atomic E-state index is -0.757. The fourth-order valence-electron chi connectivity index (χ4n) is 2.00. The summed E-state index contributed by atoms with van der Waals surface area (Å²) < 4.78 is 0. The van der Waals surface area contributed by atoms with Crippen LogP contribution >= 0.6 is 11.3 Å². The number of carbonyl (C=O) groups is 2. The summed E-state index contributed by atoms with van der Waals surface area (Å²) in [6.07, 6.45) is 1.96. The lowest BCUT2D eigenvalue weighted by Crippen LogP contribution is -2.33. The van der Waals surface area contributed by atoms with Gasteiger partial charge in [0.1, 0.15) is 0 Å². The van der Waals surface area contributed by atoms with Gasteiger partial charge >= 0.3 is 5.97 Å². The van der Waals surface area contributed by atoms with E-state index in [0.29, 0.717) is 18.4 Å². The molecule has 1 aliphatic carbocycles. The van der Waals surface area contributed by atoms with Crippen LogP contribution in [0.1, 0.15) is 29.6 Å². The number of thiophene rings is 1. The lowest BCUT2D eigenvalue weighted by molar-refractivity contribution is -0.141. The van der Waals surface area contributed by atoms with E-state index in [-0.39, 0.29) is 17.9 Å². The third-order valence-corrected chi connectivity index (χ3v) is 3.58. The molecule has 16 heavy (non-hydrogen) atoms. The van der Waals surface area contributed by atoms with E-state index in [1.54, 1.807) is 11.4 Å². The maximum absolute atomic E-state index is 11.7. The first-order valence-corrected chi connectivity index (χ1v) is 6.17. The van der Waals surface area contributed by atoms with Crippen LogP contribution in [0.25, 0.3) is 0 Å². The van der Waals surface area contributed by atoms with Crippen molar-refractivity contribution < 1.29 is 14.7 Å². The number of hydrogen-bond acceptors (Lipinski definition) is 3. The maximum Gasteiger partial charge on any atom is 0.306 e. The number of carboxylic acid groups (broad SMARTS) is 1. The number of rotatable bonds is 3. The van der Waals surface area contributed by atoms with Crippen molar-refractivity contribution in [3.63, 3.8) is 0 Å². The zero-order valence-corrected chi connectivity index (χ0v) is 9.50. The van der Waals surface area contributed by atoms with E-state index in [4.69, 9.17) is 5.11 Å². The van der Waals surface area contributed by atoms with Crippen LogP contribution in [0.15, 0.2) is 16.8 Å². The van der Waals surface area contributed by atoms with Gasteiger partial charge in [-0.05, 0) is 30.7 Å². The molecule has 2 atom stereocenters. The molecule has 0 aromatic carbocycles. The van der Waals surface area contributed by atoms with Gasteiger partial charge in [-0.25, -0.2) is 0 Å². The predicted octanol–water partition coefficient (Wildman–Crippen LogP) is 1.73. The normalized spacial score (nSPS) is 24.2. The summed E-state index contributed by atoms with van der Waals surface area (Å²) >= 11 is 1.48. The van der Waals surface area contributed by atoms with Gasteiger partial charge in [-0.3, -0.25) is 9.59 Å². The van der Waals surface area contributed by atoms with Crippen LogP contribution in [0, 0.1) is 5.92 Å². The molecule has 2 unspecified atom stereocenters. The average molecular weight is 239 g/mol. The Morgan fingerprint density at radius 3 is 2.81 bits per heavy atom. The number of amides is 1. The zero-order valence-electron chi connectivity index (χ0n) is 8.68. The number of aliphatic carboxylic acids is 1. The first-order chi connectivity index (χ1) is 7.66. The van der Waals surface area contributed by atoms with E-state index in [1.165, 1.54) is 11.3 Å². The Labute approximate surface area is 97.3 Å². The van der Waals surface area contributed by atoms with Gasteiger partial charge in [0.15, 0.2) is 0 Å².